The monoisotopic (exact) mass is 296 g/mol. The third-order valence-corrected chi connectivity index (χ3v) is 3.74. The number of carbonyl (C=O) groups is 1. The van der Waals surface area contributed by atoms with E-state index in [0.29, 0.717) is 32.6 Å². The normalized spacial score (nSPS) is 23.6. The number of carbonyl (C=O) groups excluding carboxylic acids is 1. The number of hydrogen-bond donors (Lipinski definition) is 1. The van der Waals surface area contributed by atoms with E-state index in [0.717, 1.165) is 0 Å². The molecule has 0 saturated carbocycles. The molecule has 1 aliphatic heterocycles. The van der Waals surface area contributed by atoms with Crippen molar-refractivity contribution >= 4 is 6.47 Å². The third kappa shape index (κ3) is 5.66. The smallest absolute Gasteiger partial charge is 0.393 e. The van der Waals surface area contributed by atoms with Crippen molar-refractivity contribution in [1.82, 2.24) is 10.2 Å². The second-order valence-electron chi connectivity index (χ2n) is 5.46. The van der Waals surface area contributed by atoms with Gasteiger partial charge in [0.05, 0.1) is 5.92 Å². The Hall–Kier alpha value is -0.820. The van der Waals surface area contributed by atoms with Crippen molar-refractivity contribution in [3.63, 3.8) is 0 Å². The molecule has 0 spiro atoms. The first-order valence-corrected chi connectivity index (χ1v) is 6.94. The lowest BCUT2D eigenvalue weighted by Gasteiger charge is -2.27. The van der Waals surface area contributed by atoms with Gasteiger partial charge in [-0.25, -0.2) is 0 Å². The summed E-state index contributed by atoms with van der Waals surface area (Å²) in [4.78, 5) is 12.2. The molecule has 1 rings (SSSR count). The minimum atomic E-state index is -4.10. The van der Waals surface area contributed by atoms with Crippen LogP contribution >= 0.6 is 0 Å². The molecular formula is C13H23F3N2O2. The Morgan fingerprint density at radius 1 is 1.40 bits per heavy atom. The first-order valence-electron chi connectivity index (χ1n) is 6.94. The van der Waals surface area contributed by atoms with Gasteiger partial charge in [-0.1, -0.05) is 0 Å². The van der Waals surface area contributed by atoms with Gasteiger partial charge in [0, 0.05) is 31.7 Å². The number of halogens is 3. The van der Waals surface area contributed by atoms with Crippen molar-refractivity contribution in [3.8, 4) is 0 Å². The molecule has 0 aromatic heterocycles. The molecular weight excluding hydrogens is 273 g/mol. The second kappa shape index (κ2) is 7.83. The van der Waals surface area contributed by atoms with E-state index in [9.17, 15) is 18.0 Å². The van der Waals surface area contributed by atoms with Crippen molar-refractivity contribution in [2.75, 3.05) is 26.2 Å². The number of hydrogen-bond acceptors (Lipinski definition) is 4. The van der Waals surface area contributed by atoms with Crippen molar-refractivity contribution < 1.29 is 22.7 Å². The summed E-state index contributed by atoms with van der Waals surface area (Å²) in [6, 6.07) is 0.180. The van der Waals surface area contributed by atoms with Crippen molar-refractivity contribution in [1.29, 1.82) is 0 Å². The number of alkyl halides is 3. The Bertz CT molecular complexity index is 298. The van der Waals surface area contributed by atoms with Crippen LogP contribution < -0.4 is 5.32 Å². The Morgan fingerprint density at radius 2 is 2.10 bits per heavy atom. The van der Waals surface area contributed by atoms with E-state index in [2.05, 4.69) is 15.0 Å². The molecule has 2 unspecified atom stereocenters. The van der Waals surface area contributed by atoms with E-state index in [1.165, 1.54) is 0 Å². The van der Waals surface area contributed by atoms with Crippen LogP contribution in [0.15, 0.2) is 0 Å². The van der Waals surface area contributed by atoms with Crippen LogP contribution in [0.4, 0.5) is 13.2 Å². The van der Waals surface area contributed by atoms with Crippen molar-refractivity contribution in [2.45, 2.75) is 44.9 Å². The van der Waals surface area contributed by atoms with Crippen molar-refractivity contribution in [3.05, 3.63) is 0 Å². The predicted molar refractivity (Wildman–Crippen MR) is 69.3 cm³/mol. The first kappa shape index (κ1) is 17.2. The fourth-order valence-corrected chi connectivity index (χ4v) is 2.46. The predicted octanol–water partition coefficient (Wildman–Crippen LogP) is 1.80. The molecule has 1 fully saturated rings. The topological polar surface area (TPSA) is 41.6 Å². The Kier molecular flexibility index (Phi) is 6.75. The minimum absolute atomic E-state index is 0.0180. The van der Waals surface area contributed by atoms with Crippen LogP contribution in [0.25, 0.3) is 0 Å². The summed E-state index contributed by atoms with van der Waals surface area (Å²) < 4.78 is 42.4. The maximum atomic E-state index is 12.6. The highest BCUT2D eigenvalue weighted by atomic mass is 19.4. The quantitative estimate of drug-likeness (QED) is 0.548. The lowest BCUT2D eigenvalue weighted by Crippen LogP contribution is -2.37. The van der Waals surface area contributed by atoms with Gasteiger partial charge in [-0.15, -0.1) is 0 Å². The lowest BCUT2D eigenvalue weighted by atomic mass is 10.0. The van der Waals surface area contributed by atoms with E-state index in [1.54, 1.807) is 0 Å². The summed E-state index contributed by atoms with van der Waals surface area (Å²) in [5.74, 6) is -1.22. The Balaban J connectivity index is 2.31. The summed E-state index contributed by atoms with van der Waals surface area (Å²) in [6.45, 7) is 6.07. The largest absolute Gasteiger partial charge is 0.467 e. The molecule has 0 aliphatic carbocycles. The molecule has 0 aromatic carbocycles. The highest BCUT2D eigenvalue weighted by molar-refractivity contribution is 5.36. The van der Waals surface area contributed by atoms with Crippen LogP contribution in [0.2, 0.25) is 0 Å². The SMILES string of the molecule is CC(C)N(CCOC=O)CCC1CC(C(F)(F)F)CN1. The molecule has 1 heterocycles. The standard InChI is InChI=1S/C13H23F3N2O2/c1-10(2)18(5-6-20-9-19)4-3-12-7-11(8-17-12)13(14,15)16/h9-12,17H,3-8H2,1-2H3. The summed E-state index contributed by atoms with van der Waals surface area (Å²) in [5.41, 5.74) is 0. The number of nitrogens with one attached hydrogen (secondary N) is 1. The molecule has 0 aromatic rings. The molecule has 1 saturated heterocycles. The van der Waals surface area contributed by atoms with Gasteiger partial charge in [-0.3, -0.25) is 9.69 Å². The van der Waals surface area contributed by atoms with Gasteiger partial charge in [0.25, 0.3) is 6.47 Å². The van der Waals surface area contributed by atoms with Gasteiger partial charge >= 0.3 is 6.18 Å². The van der Waals surface area contributed by atoms with Crippen LogP contribution in [0.1, 0.15) is 26.7 Å². The van der Waals surface area contributed by atoms with Gasteiger partial charge in [-0.05, 0) is 26.7 Å². The van der Waals surface area contributed by atoms with Gasteiger partial charge < -0.3 is 10.1 Å². The molecule has 1 N–H and O–H groups in total. The number of nitrogens with zero attached hydrogens (tertiary/aromatic N) is 1. The molecule has 118 valence electrons. The van der Waals surface area contributed by atoms with Crippen LogP contribution in [0.3, 0.4) is 0 Å². The van der Waals surface area contributed by atoms with E-state index < -0.39 is 12.1 Å². The average Bonchev–Trinajstić information content (AvgIpc) is 2.81. The van der Waals surface area contributed by atoms with E-state index in [-0.39, 0.29) is 25.0 Å². The average molecular weight is 296 g/mol. The van der Waals surface area contributed by atoms with Gasteiger partial charge in [0.2, 0.25) is 0 Å². The maximum Gasteiger partial charge on any atom is 0.393 e. The molecule has 0 amide bonds. The fraction of sp³-hybridized carbons (Fsp3) is 0.923. The lowest BCUT2D eigenvalue weighted by molar-refractivity contribution is -0.169. The highest BCUT2D eigenvalue weighted by Crippen LogP contribution is 2.33. The molecule has 1 aliphatic rings. The van der Waals surface area contributed by atoms with Crippen molar-refractivity contribution in [2.24, 2.45) is 5.92 Å². The molecule has 4 nitrogen and oxygen atoms in total. The summed E-state index contributed by atoms with van der Waals surface area (Å²) in [7, 11) is 0. The highest BCUT2D eigenvalue weighted by Gasteiger charge is 2.43. The zero-order chi connectivity index (χ0) is 15.2. The Morgan fingerprint density at radius 3 is 2.60 bits per heavy atom. The van der Waals surface area contributed by atoms with Gasteiger partial charge in [-0.2, -0.15) is 13.2 Å². The van der Waals surface area contributed by atoms with Gasteiger partial charge in [0.1, 0.15) is 6.61 Å². The maximum absolute atomic E-state index is 12.6. The second-order valence-corrected chi connectivity index (χ2v) is 5.46. The van der Waals surface area contributed by atoms with Crippen LogP contribution in [0.5, 0.6) is 0 Å². The summed E-state index contributed by atoms with van der Waals surface area (Å²) >= 11 is 0. The molecule has 0 bridgehead atoms. The Labute approximate surface area is 117 Å². The minimum Gasteiger partial charge on any atom is -0.467 e. The van der Waals surface area contributed by atoms with Crippen LogP contribution in [-0.4, -0.2) is 55.9 Å². The summed E-state index contributed by atoms with van der Waals surface area (Å²) in [5, 5.41) is 2.94. The third-order valence-electron chi connectivity index (χ3n) is 3.74. The summed E-state index contributed by atoms with van der Waals surface area (Å²) in [6.07, 6.45) is -3.27. The molecule has 0 radical (unpaired) electrons. The van der Waals surface area contributed by atoms with E-state index in [1.807, 2.05) is 13.8 Å². The molecule has 20 heavy (non-hydrogen) atoms. The fourth-order valence-electron chi connectivity index (χ4n) is 2.46. The van der Waals surface area contributed by atoms with E-state index >= 15 is 0 Å². The van der Waals surface area contributed by atoms with Crippen LogP contribution in [-0.2, 0) is 9.53 Å². The van der Waals surface area contributed by atoms with Crippen LogP contribution in [0, 0.1) is 5.92 Å². The van der Waals surface area contributed by atoms with Gasteiger partial charge in [0.15, 0.2) is 0 Å². The zero-order valence-electron chi connectivity index (χ0n) is 11.9. The first-order chi connectivity index (χ1) is 9.34. The number of rotatable bonds is 8. The molecule has 7 heteroatoms. The zero-order valence-corrected chi connectivity index (χ0v) is 11.9. The number of ether oxygens (including phenoxy) is 1. The molecule has 2 atom stereocenters. The van der Waals surface area contributed by atoms with E-state index in [4.69, 9.17) is 0 Å².